The van der Waals surface area contributed by atoms with Gasteiger partial charge in [-0.15, -0.1) is 0 Å². The van der Waals surface area contributed by atoms with Gasteiger partial charge in [0.2, 0.25) is 0 Å². The molecule has 0 aromatic heterocycles. The smallest absolute Gasteiger partial charge is 0.134 e. The minimum atomic E-state index is -0.553. The average molecular weight is 221 g/mol. The molecule has 3 heteroatoms. The van der Waals surface area contributed by atoms with Gasteiger partial charge in [0.05, 0.1) is 13.1 Å². The third-order valence-corrected chi connectivity index (χ3v) is 3.50. The second kappa shape index (κ2) is 4.53. The van der Waals surface area contributed by atoms with Crippen molar-refractivity contribution in [3.05, 3.63) is 42.9 Å². The van der Waals surface area contributed by atoms with Crippen LogP contribution in [0.2, 0.25) is 0 Å². The molecule has 1 fully saturated rings. The molecule has 1 aliphatic rings. The van der Waals surface area contributed by atoms with Crippen molar-refractivity contribution in [1.82, 2.24) is 0 Å². The van der Waals surface area contributed by atoms with E-state index in [0.29, 0.717) is 6.54 Å². The Morgan fingerprint density at radius 1 is 1.44 bits per heavy atom. The van der Waals surface area contributed by atoms with Gasteiger partial charge in [0.25, 0.3) is 0 Å². The van der Waals surface area contributed by atoms with E-state index in [4.69, 9.17) is 4.74 Å². The summed E-state index contributed by atoms with van der Waals surface area (Å²) in [5.41, 5.74) is 0.500. The monoisotopic (exact) mass is 221 g/mol. The summed E-state index contributed by atoms with van der Waals surface area (Å²) in [6, 6.07) is 9.96. The van der Waals surface area contributed by atoms with E-state index in [2.05, 4.69) is 7.05 Å². The van der Waals surface area contributed by atoms with Crippen molar-refractivity contribution in [3.8, 4) is 0 Å². The molecule has 1 saturated heterocycles. The normalized spacial score (nSPS) is 34.9. The first-order chi connectivity index (χ1) is 7.69. The van der Waals surface area contributed by atoms with Crippen molar-refractivity contribution in [2.45, 2.75) is 18.1 Å². The lowest BCUT2D eigenvalue weighted by molar-refractivity contribution is -0.867. The largest absolute Gasteiger partial charge is 0.465 e. The van der Waals surface area contributed by atoms with E-state index in [1.807, 2.05) is 30.3 Å². The Hall–Kier alpha value is -0.900. The maximum absolute atomic E-state index is 10.3. The van der Waals surface area contributed by atoms with Gasteiger partial charge in [-0.1, -0.05) is 30.3 Å². The lowest BCUT2D eigenvalue weighted by atomic mass is 9.82. The van der Waals surface area contributed by atoms with Crippen LogP contribution in [0.15, 0.2) is 30.3 Å². The predicted octanol–water partition coefficient (Wildman–Crippen LogP) is -0.0306. The van der Waals surface area contributed by atoms with Gasteiger partial charge in [0.15, 0.2) is 0 Å². The van der Waals surface area contributed by atoms with Crippen molar-refractivity contribution >= 4 is 0 Å². The molecule has 1 unspecified atom stereocenters. The molecule has 0 radical (unpaired) electrons. The van der Waals surface area contributed by atoms with Crippen molar-refractivity contribution in [3.63, 3.8) is 0 Å². The number of benzene rings is 1. The molecule has 3 nitrogen and oxygen atoms in total. The van der Waals surface area contributed by atoms with E-state index < -0.39 is 11.7 Å². The molecule has 88 valence electrons. The SMILES string of the molecule is [CH2-][NH+]1CC[C@](OC)(c2ccccc2)[C@@H](O)C1. The molecule has 0 aliphatic carbocycles. The molecule has 1 heterocycles. The van der Waals surface area contributed by atoms with Crippen molar-refractivity contribution in [2.24, 2.45) is 0 Å². The van der Waals surface area contributed by atoms with Crippen LogP contribution in [0, 0.1) is 7.05 Å². The van der Waals surface area contributed by atoms with Crippen LogP contribution in [-0.4, -0.2) is 31.4 Å². The number of likely N-dealkylation sites (tertiary alicyclic amines) is 1. The second-order valence-electron chi connectivity index (χ2n) is 4.43. The van der Waals surface area contributed by atoms with Gasteiger partial charge in [-0.05, 0) is 5.56 Å². The summed E-state index contributed by atoms with van der Waals surface area (Å²) in [6.45, 7) is 1.54. The van der Waals surface area contributed by atoms with Crippen LogP contribution >= 0.6 is 0 Å². The third kappa shape index (κ3) is 1.86. The topological polar surface area (TPSA) is 33.9 Å². The molecule has 1 aromatic rings. The van der Waals surface area contributed by atoms with E-state index in [0.717, 1.165) is 23.4 Å². The Morgan fingerprint density at radius 2 is 2.12 bits per heavy atom. The van der Waals surface area contributed by atoms with Gasteiger partial charge < -0.3 is 14.7 Å². The van der Waals surface area contributed by atoms with Crippen LogP contribution in [0.5, 0.6) is 0 Å². The van der Waals surface area contributed by atoms with Gasteiger partial charge in [0.1, 0.15) is 11.7 Å². The first kappa shape index (κ1) is 11.6. The molecule has 0 amide bonds. The summed E-state index contributed by atoms with van der Waals surface area (Å²) in [5, 5.41) is 10.3. The summed E-state index contributed by atoms with van der Waals surface area (Å²) < 4.78 is 5.63. The first-order valence-electron chi connectivity index (χ1n) is 5.64. The van der Waals surface area contributed by atoms with E-state index in [9.17, 15) is 5.11 Å². The average Bonchev–Trinajstić information content (AvgIpc) is 2.31. The molecule has 1 aromatic carbocycles. The van der Waals surface area contributed by atoms with Gasteiger partial charge in [-0.2, -0.15) is 7.05 Å². The van der Waals surface area contributed by atoms with Crippen molar-refractivity contribution < 1.29 is 14.7 Å². The molecule has 1 aliphatic heterocycles. The predicted molar refractivity (Wildman–Crippen MR) is 61.8 cm³/mol. The second-order valence-corrected chi connectivity index (χ2v) is 4.43. The Kier molecular flexibility index (Phi) is 3.28. The maximum atomic E-state index is 10.3. The van der Waals surface area contributed by atoms with Crippen LogP contribution in [0.4, 0.5) is 0 Å². The highest BCUT2D eigenvalue weighted by atomic mass is 16.5. The van der Waals surface area contributed by atoms with Crippen LogP contribution in [0.3, 0.4) is 0 Å². The lowest BCUT2D eigenvalue weighted by Gasteiger charge is -2.44. The molecule has 0 bridgehead atoms. The summed E-state index contributed by atoms with van der Waals surface area (Å²) in [7, 11) is 5.61. The van der Waals surface area contributed by atoms with Crippen LogP contribution in [0.1, 0.15) is 12.0 Å². The van der Waals surface area contributed by atoms with Crippen molar-refractivity contribution in [2.75, 3.05) is 20.2 Å². The minimum Gasteiger partial charge on any atom is -0.465 e. The zero-order chi connectivity index (χ0) is 11.6. The van der Waals surface area contributed by atoms with Crippen LogP contribution in [0.25, 0.3) is 0 Å². The fourth-order valence-corrected chi connectivity index (χ4v) is 2.48. The molecular weight excluding hydrogens is 202 g/mol. The molecule has 0 saturated carbocycles. The molecule has 16 heavy (non-hydrogen) atoms. The van der Waals surface area contributed by atoms with E-state index in [-0.39, 0.29) is 0 Å². The maximum Gasteiger partial charge on any atom is 0.134 e. The molecule has 2 rings (SSSR count). The van der Waals surface area contributed by atoms with E-state index >= 15 is 0 Å². The lowest BCUT2D eigenvalue weighted by Crippen LogP contribution is -3.10. The number of hydrogen-bond donors (Lipinski definition) is 2. The standard InChI is InChI=1S/C13H19NO2/c1-14-9-8-13(16-2,12(15)10-14)11-6-4-3-5-7-11/h3-7,12,14-15H,1,8-10H2,2H3/t12-,13-/m0/s1. The number of aliphatic hydroxyl groups is 1. The number of aliphatic hydroxyl groups excluding tert-OH is 1. The zero-order valence-corrected chi connectivity index (χ0v) is 9.65. The Labute approximate surface area is 96.6 Å². The minimum absolute atomic E-state index is 0.499. The van der Waals surface area contributed by atoms with Crippen molar-refractivity contribution in [1.29, 1.82) is 0 Å². The Bertz CT molecular complexity index is 341. The van der Waals surface area contributed by atoms with E-state index in [1.54, 1.807) is 7.11 Å². The number of nitrogens with one attached hydrogen (secondary N) is 1. The van der Waals surface area contributed by atoms with Gasteiger partial charge in [-0.25, -0.2) is 0 Å². The van der Waals surface area contributed by atoms with Gasteiger partial charge >= 0.3 is 0 Å². The van der Waals surface area contributed by atoms with Crippen LogP contribution in [-0.2, 0) is 10.3 Å². The summed E-state index contributed by atoms with van der Waals surface area (Å²) in [6.07, 6.45) is 0.300. The number of ether oxygens (including phenoxy) is 1. The summed E-state index contributed by atoms with van der Waals surface area (Å²) >= 11 is 0. The zero-order valence-electron chi connectivity index (χ0n) is 9.65. The number of methoxy groups -OCH3 is 1. The number of hydrogen-bond acceptors (Lipinski definition) is 2. The Morgan fingerprint density at radius 3 is 2.69 bits per heavy atom. The number of rotatable bonds is 2. The van der Waals surface area contributed by atoms with Gasteiger partial charge in [0, 0.05) is 13.5 Å². The number of quaternary nitrogens is 1. The summed E-state index contributed by atoms with van der Waals surface area (Å²) in [5.74, 6) is 0. The first-order valence-corrected chi connectivity index (χ1v) is 5.64. The number of piperidine rings is 1. The fourth-order valence-electron chi connectivity index (χ4n) is 2.48. The fraction of sp³-hybridized carbons (Fsp3) is 0.462. The van der Waals surface area contributed by atoms with Crippen LogP contribution < -0.4 is 4.90 Å². The molecule has 2 N–H and O–H groups in total. The summed E-state index contributed by atoms with van der Waals surface area (Å²) in [4.78, 5) is 1.11. The highest BCUT2D eigenvalue weighted by Gasteiger charge is 2.44. The highest BCUT2D eigenvalue weighted by molar-refractivity contribution is 5.24. The molecule has 3 atom stereocenters. The van der Waals surface area contributed by atoms with Gasteiger partial charge in [-0.3, -0.25) is 0 Å². The Balaban J connectivity index is 2.32. The van der Waals surface area contributed by atoms with E-state index in [1.165, 1.54) is 0 Å². The molecular formula is C13H19NO2. The third-order valence-electron chi connectivity index (χ3n) is 3.50. The quantitative estimate of drug-likeness (QED) is 0.688. The highest BCUT2D eigenvalue weighted by Crippen LogP contribution is 2.33. The molecule has 0 spiro atoms.